The molecule has 0 fully saturated rings. The molecule has 0 aliphatic rings. The molecule has 0 aliphatic carbocycles. The molecule has 0 N–H and O–H groups in total. The summed E-state index contributed by atoms with van der Waals surface area (Å²) in [6.45, 7) is 2.04. The minimum Gasteiger partial charge on any atom is -0.478 e. The molecule has 0 aliphatic heterocycles. The van der Waals surface area contributed by atoms with Crippen molar-refractivity contribution in [2.75, 3.05) is 7.11 Å². The van der Waals surface area contributed by atoms with Gasteiger partial charge in [-0.3, -0.25) is 0 Å². The fourth-order valence-electron chi connectivity index (χ4n) is 1.34. The highest BCUT2D eigenvalue weighted by atomic mass is 16.5. The second kappa shape index (κ2) is 4.66. The summed E-state index contributed by atoms with van der Waals surface area (Å²) in [5.41, 5.74) is 1.20. The van der Waals surface area contributed by atoms with Gasteiger partial charge in [0.05, 0.1) is 7.11 Å². The second-order valence-electron chi connectivity index (χ2n) is 3.43. The quantitative estimate of drug-likeness (QED) is 0.787. The first kappa shape index (κ1) is 10.5. The van der Waals surface area contributed by atoms with Crippen LogP contribution in [0.15, 0.2) is 42.6 Å². The van der Waals surface area contributed by atoms with E-state index in [4.69, 9.17) is 9.47 Å². The van der Waals surface area contributed by atoms with Gasteiger partial charge in [0.2, 0.25) is 0 Å². The second-order valence-corrected chi connectivity index (χ2v) is 3.43. The van der Waals surface area contributed by atoms with Crippen molar-refractivity contribution in [3.63, 3.8) is 0 Å². The summed E-state index contributed by atoms with van der Waals surface area (Å²) >= 11 is 0. The number of ether oxygens (including phenoxy) is 2. The molecule has 16 heavy (non-hydrogen) atoms. The lowest BCUT2D eigenvalue weighted by Crippen LogP contribution is -1.92. The van der Waals surface area contributed by atoms with Gasteiger partial charge in [-0.05, 0) is 31.2 Å². The molecule has 0 atom stereocenters. The van der Waals surface area contributed by atoms with Crippen LogP contribution in [0.4, 0.5) is 0 Å². The Morgan fingerprint density at radius 1 is 1.06 bits per heavy atom. The van der Waals surface area contributed by atoms with Crippen molar-refractivity contribution in [3.05, 3.63) is 48.2 Å². The lowest BCUT2D eigenvalue weighted by atomic mass is 10.2. The van der Waals surface area contributed by atoms with Gasteiger partial charge in [-0.15, -0.1) is 0 Å². The monoisotopic (exact) mass is 215 g/mol. The van der Waals surface area contributed by atoms with E-state index in [1.807, 2.05) is 43.3 Å². The van der Waals surface area contributed by atoms with Crippen LogP contribution in [0.2, 0.25) is 0 Å². The largest absolute Gasteiger partial charge is 0.478 e. The predicted octanol–water partition coefficient (Wildman–Crippen LogP) is 3.19. The molecule has 1 heterocycles. The molecule has 0 bridgehead atoms. The number of benzene rings is 1. The summed E-state index contributed by atoms with van der Waals surface area (Å²) in [7, 11) is 1.57. The maximum atomic E-state index is 5.67. The van der Waals surface area contributed by atoms with Crippen LogP contribution in [0.3, 0.4) is 0 Å². The molecule has 0 saturated heterocycles. The molecule has 3 nitrogen and oxygen atoms in total. The Balaban J connectivity index is 2.23. The topological polar surface area (TPSA) is 31.4 Å². The van der Waals surface area contributed by atoms with Crippen molar-refractivity contribution in [1.29, 1.82) is 0 Å². The Morgan fingerprint density at radius 2 is 1.81 bits per heavy atom. The standard InChI is InChI=1S/C13H13NO2/c1-10-5-7-11(8-6-10)16-12-4-3-9-14-13(12)15-2/h3-9H,1-2H3. The maximum Gasteiger partial charge on any atom is 0.257 e. The Hall–Kier alpha value is -2.03. The van der Waals surface area contributed by atoms with Crippen LogP contribution in [0.25, 0.3) is 0 Å². The smallest absolute Gasteiger partial charge is 0.257 e. The zero-order chi connectivity index (χ0) is 11.4. The molecule has 0 amide bonds. The normalized spacial score (nSPS) is 9.88. The number of aryl methyl sites for hydroxylation is 1. The van der Waals surface area contributed by atoms with Crippen molar-refractivity contribution in [2.24, 2.45) is 0 Å². The molecule has 0 unspecified atom stereocenters. The third kappa shape index (κ3) is 2.31. The van der Waals surface area contributed by atoms with E-state index in [-0.39, 0.29) is 0 Å². The van der Waals surface area contributed by atoms with Gasteiger partial charge in [-0.1, -0.05) is 17.7 Å². The fraction of sp³-hybridized carbons (Fsp3) is 0.154. The number of methoxy groups -OCH3 is 1. The van der Waals surface area contributed by atoms with E-state index in [9.17, 15) is 0 Å². The summed E-state index contributed by atoms with van der Waals surface area (Å²) in [4.78, 5) is 4.06. The first-order valence-electron chi connectivity index (χ1n) is 5.03. The number of rotatable bonds is 3. The zero-order valence-electron chi connectivity index (χ0n) is 9.31. The number of nitrogens with zero attached hydrogens (tertiary/aromatic N) is 1. The van der Waals surface area contributed by atoms with Crippen LogP contribution >= 0.6 is 0 Å². The van der Waals surface area contributed by atoms with Gasteiger partial charge in [-0.2, -0.15) is 0 Å². The molecule has 3 heteroatoms. The summed E-state index contributed by atoms with van der Waals surface area (Å²) in [6, 6.07) is 11.5. The highest BCUT2D eigenvalue weighted by Gasteiger charge is 2.05. The van der Waals surface area contributed by atoms with Gasteiger partial charge < -0.3 is 9.47 Å². The Bertz CT molecular complexity index is 466. The molecule has 2 rings (SSSR count). The Kier molecular flexibility index (Phi) is 3.05. The first-order chi connectivity index (χ1) is 7.79. The van der Waals surface area contributed by atoms with Gasteiger partial charge in [0, 0.05) is 6.20 Å². The Labute approximate surface area is 94.7 Å². The van der Waals surface area contributed by atoms with Gasteiger partial charge in [0.1, 0.15) is 5.75 Å². The van der Waals surface area contributed by atoms with E-state index in [0.29, 0.717) is 11.6 Å². The molecule has 0 spiro atoms. The van der Waals surface area contributed by atoms with Crippen molar-refractivity contribution in [3.8, 4) is 17.4 Å². The van der Waals surface area contributed by atoms with Crippen LogP contribution < -0.4 is 9.47 Å². The number of aromatic nitrogens is 1. The molecule has 1 aromatic heterocycles. The SMILES string of the molecule is COc1ncccc1Oc1ccc(C)cc1. The van der Waals surface area contributed by atoms with Crippen LogP contribution in [-0.2, 0) is 0 Å². The molecule has 1 aromatic carbocycles. The van der Waals surface area contributed by atoms with E-state index >= 15 is 0 Å². The lowest BCUT2D eigenvalue weighted by Gasteiger charge is -2.08. The Morgan fingerprint density at radius 3 is 2.50 bits per heavy atom. The highest BCUT2D eigenvalue weighted by molar-refractivity contribution is 5.38. The third-order valence-electron chi connectivity index (χ3n) is 2.18. The van der Waals surface area contributed by atoms with Gasteiger partial charge in [0.15, 0.2) is 5.75 Å². The van der Waals surface area contributed by atoms with Crippen LogP contribution in [0.5, 0.6) is 17.4 Å². The number of hydrogen-bond acceptors (Lipinski definition) is 3. The first-order valence-corrected chi connectivity index (χ1v) is 5.03. The average molecular weight is 215 g/mol. The summed E-state index contributed by atoms with van der Waals surface area (Å²) in [6.07, 6.45) is 1.67. The number of pyridine rings is 1. The van der Waals surface area contributed by atoms with E-state index in [2.05, 4.69) is 4.98 Å². The summed E-state index contributed by atoms with van der Waals surface area (Å²) < 4.78 is 10.8. The van der Waals surface area contributed by atoms with Gasteiger partial charge in [-0.25, -0.2) is 4.98 Å². The average Bonchev–Trinajstić information content (AvgIpc) is 2.33. The van der Waals surface area contributed by atoms with E-state index < -0.39 is 0 Å². The lowest BCUT2D eigenvalue weighted by molar-refractivity contribution is 0.364. The van der Waals surface area contributed by atoms with Crippen molar-refractivity contribution >= 4 is 0 Å². The van der Waals surface area contributed by atoms with Crippen molar-refractivity contribution in [2.45, 2.75) is 6.92 Å². The van der Waals surface area contributed by atoms with Gasteiger partial charge in [0.25, 0.3) is 5.88 Å². The molecule has 0 saturated carbocycles. The molecule has 2 aromatic rings. The minimum atomic E-state index is 0.489. The van der Waals surface area contributed by atoms with Gasteiger partial charge >= 0.3 is 0 Å². The van der Waals surface area contributed by atoms with Crippen LogP contribution in [-0.4, -0.2) is 12.1 Å². The number of hydrogen-bond donors (Lipinski definition) is 0. The van der Waals surface area contributed by atoms with Crippen molar-refractivity contribution < 1.29 is 9.47 Å². The molecular weight excluding hydrogens is 202 g/mol. The summed E-state index contributed by atoms with van der Waals surface area (Å²) in [5, 5.41) is 0. The predicted molar refractivity (Wildman–Crippen MR) is 62.0 cm³/mol. The zero-order valence-corrected chi connectivity index (χ0v) is 9.31. The minimum absolute atomic E-state index is 0.489. The van der Waals surface area contributed by atoms with E-state index in [1.54, 1.807) is 13.3 Å². The summed E-state index contributed by atoms with van der Waals surface area (Å²) in [5.74, 6) is 1.88. The maximum absolute atomic E-state index is 5.67. The van der Waals surface area contributed by atoms with Crippen LogP contribution in [0, 0.1) is 6.92 Å². The fourth-order valence-corrected chi connectivity index (χ4v) is 1.34. The molecular formula is C13H13NO2. The highest BCUT2D eigenvalue weighted by Crippen LogP contribution is 2.28. The van der Waals surface area contributed by atoms with E-state index in [1.165, 1.54) is 5.56 Å². The molecule has 82 valence electrons. The van der Waals surface area contributed by atoms with Crippen LogP contribution in [0.1, 0.15) is 5.56 Å². The third-order valence-corrected chi connectivity index (χ3v) is 2.18. The van der Waals surface area contributed by atoms with Crippen molar-refractivity contribution in [1.82, 2.24) is 4.98 Å². The molecule has 0 radical (unpaired) electrons. The van der Waals surface area contributed by atoms with E-state index in [0.717, 1.165) is 5.75 Å².